The Balaban J connectivity index is 0.000000440. The van der Waals surface area contributed by atoms with Crippen molar-refractivity contribution in [2.75, 3.05) is 0 Å². The van der Waals surface area contributed by atoms with Crippen molar-refractivity contribution in [1.82, 2.24) is 0 Å². The molecule has 0 heterocycles. The van der Waals surface area contributed by atoms with Crippen LogP contribution in [-0.2, 0) is 33.1 Å². The van der Waals surface area contributed by atoms with E-state index in [4.69, 9.17) is 14.0 Å². The van der Waals surface area contributed by atoms with Gasteiger partial charge in [-0.1, -0.05) is 191 Å². The van der Waals surface area contributed by atoms with Gasteiger partial charge in [-0.25, -0.2) is 8.42 Å². The largest absolute Gasteiger partial charge is 2.00 e. The second kappa shape index (κ2) is 33.6. The molecule has 0 aliphatic heterocycles. The zero-order valence-electron chi connectivity index (χ0n) is 39.2. The molecule has 13 heteroatoms. The van der Waals surface area contributed by atoms with E-state index >= 15 is 0 Å². The van der Waals surface area contributed by atoms with Gasteiger partial charge < -0.3 is 24.2 Å². The van der Waals surface area contributed by atoms with Gasteiger partial charge in [0.25, 0.3) is 10.1 Å². The van der Waals surface area contributed by atoms with Crippen LogP contribution in [0.3, 0.4) is 0 Å². The summed E-state index contributed by atoms with van der Waals surface area (Å²) < 4.78 is 76.5. The van der Waals surface area contributed by atoms with Crippen LogP contribution in [0.4, 0.5) is 0 Å². The molecule has 10 nitrogen and oxygen atoms in total. The molecule has 65 heavy (non-hydrogen) atoms. The van der Waals surface area contributed by atoms with Gasteiger partial charge in [0.05, 0.1) is 4.90 Å². The molecule has 0 bridgehead atoms. The average Bonchev–Trinajstić information content (AvgIpc) is 3.26. The summed E-state index contributed by atoms with van der Waals surface area (Å²) in [5, 5.41) is 21.1. The van der Waals surface area contributed by atoms with Crippen molar-refractivity contribution in [3.05, 3.63) is 96.1 Å². The molecule has 4 aromatic carbocycles. The summed E-state index contributed by atoms with van der Waals surface area (Å²) in [5.41, 5.74) is 2.47. The number of hydrogen-bond donors (Lipinski definition) is 2. The van der Waals surface area contributed by atoms with E-state index in [1.165, 1.54) is 177 Å². The van der Waals surface area contributed by atoms with Crippen molar-refractivity contribution in [2.45, 2.75) is 191 Å². The van der Waals surface area contributed by atoms with E-state index in [1.54, 1.807) is 0 Å². The number of hydrogen-bond acceptors (Lipinski definition) is 9. The first-order valence-corrected chi connectivity index (χ1v) is 26.8. The molecule has 4 rings (SSSR count). The summed E-state index contributed by atoms with van der Waals surface area (Å²) in [4.78, 5) is -1.36. The fourth-order valence-corrected chi connectivity index (χ4v) is 8.74. The second-order valence-corrected chi connectivity index (χ2v) is 19.7. The molecule has 0 aromatic heterocycles. The molecule has 356 valence electrons. The average molecular weight is 963 g/mol. The Kier molecular flexibility index (Phi) is 30.1. The minimum absolute atomic E-state index is 0. The van der Waals surface area contributed by atoms with Crippen LogP contribution in [0.25, 0.3) is 0 Å². The van der Waals surface area contributed by atoms with Gasteiger partial charge in [0.2, 0.25) is 0 Å². The Hall–Kier alpha value is -2.84. The summed E-state index contributed by atoms with van der Waals surface area (Å²) >= 11 is 0. The van der Waals surface area contributed by atoms with Gasteiger partial charge in [-0.05, 0) is 85.3 Å². The van der Waals surface area contributed by atoms with Gasteiger partial charge in [0.15, 0.2) is 0 Å². The topological polar surface area (TPSA) is 173 Å². The van der Waals surface area contributed by atoms with Gasteiger partial charge in [0.1, 0.15) is 43.8 Å². The Labute approximate surface area is 421 Å². The SMILES string of the molecule is CCCCCCCCCCCCCCc1ccc(Oc2ccc(O)c(S(=O)(=O)O)c2)cc1.CCCCCCCCCCCCCCc1ccc(Oc2ccc([O-])c(S(=O)(=O)[O-])c2)cc1.[Ca+2]. The Morgan fingerprint density at radius 1 is 0.446 bits per heavy atom. The first kappa shape index (κ1) is 58.3. The van der Waals surface area contributed by atoms with Crippen molar-refractivity contribution in [2.24, 2.45) is 0 Å². The van der Waals surface area contributed by atoms with Gasteiger partial charge in [-0.2, -0.15) is 8.42 Å². The van der Waals surface area contributed by atoms with Crippen LogP contribution >= 0.6 is 0 Å². The van der Waals surface area contributed by atoms with Crippen molar-refractivity contribution < 1.29 is 45.6 Å². The fraction of sp³-hybridized carbons (Fsp3) is 0.538. The third-order valence-corrected chi connectivity index (χ3v) is 13.1. The number of rotatable bonds is 32. The molecule has 0 radical (unpaired) electrons. The molecule has 0 spiro atoms. The number of phenolic OH excluding ortho intramolecular Hbond substituents is 1. The van der Waals surface area contributed by atoms with E-state index in [9.17, 15) is 31.6 Å². The van der Waals surface area contributed by atoms with Crippen LogP contribution in [0.2, 0.25) is 0 Å². The van der Waals surface area contributed by atoms with Crippen molar-refractivity contribution >= 4 is 58.0 Å². The van der Waals surface area contributed by atoms with Crippen LogP contribution in [-0.4, -0.2) is 68.8 Å². The normalized spacial score (nSPS) is 11.4. The van der Waals surface area contributed by atoms with Gasteiger partial charge >= 0.3 is 37.7 Å². The molecule has 0 unspecified atom stereocenters. The van der Waals surface area contributed by atoms with Crippen LogP contribution in [0, 0.1) is 0 Å². The second-order valence-electron chi connectivity index (χ2n) is 16.9. The standard InChI is InChI=1S/2C26H38O5S.Ca/c2*1-2-3-4-5-6-7-8-9-10-11-12-13-14-22-15-17-23(18-16-22)31-24-19-20-25(27)26(21-24)32(28,29)30;/h2*15-21,27H,2-14H2,1H3,(H,28,29,30);/q;;+2/p-2. The smallest absolute Gasteiger partial charge is 0.872 e. The van der Waals surface area contributed by atoms with E-state index in [-0.39, 0.29) is 49.2 Å². The summed E-state index contributed by atoms with van der Waals surface area (Å²) in [6, 6.07) is 22.4. The molecule has 0 saturated carbocycles. The zero-order valence-corrected chi connectivity index (χ0v) is 43.0. The number of phenols is 1. The summed E-state index contributed by atoms with van der Waals surface area (Å²) in [6.45, 7) is 4.52. The fourth-order valence-electron chi connectivity index (χ4n) is 7.57. The first-order chi connectivity index (χ1) is 30.8. The maximum atomic E-state index is 11.5. The summed E-state index contributed by atoms with van der Waals surface area (Å²) in [5.74, 6) is 0.117. The molecular formula is C52H74CaO10S2. The maximum absolute atomic E-state index is 11.5. The Bertz CT molecular complexity index is 1940. The summed E-state index contributed by atoms with van der Waals surface area (Å²) in [7, 11) is -9.34. The van der Waals surface area contributed by atoms with Gasteiger partial charge in [0, 0.05) is 6.07 Å². The molecule has 0 amide bonds. The van der Waals surface area contributed by atoms with E-state index in [2.05, 4.69) is 13.8 Å². The van der Waals surface area contributed by atoms with Crippen LogP contribution in [0.5, 0.6) is 34.5 Å². The minimum atomic E-state index is -4.82. The third kappa shape index (κ3) is 25.8. The van der Waals surface area contributed by atoms with Crippen LogP contribution in [0.15, 0.2) is 94.7 Å². The monoisotopic (exact) mass is 962 g/mol. The van der Waals surface area contributed by atoms with E-state index in [0.717, 1.165) is 37.5 Å². The molecule has 4 aromatic rings. The van der Waals surface area contributed by atoms with Gasteiger partial charge in [-0.3, -0.25) is 4.55 Å². The van der Waals surface area contributed by atoms with E-state index in [0.29, 0.717) is 11.5 Å². The molecule has 0 aliphatic carbocycles. The third-order valence-electron chi connectivity index (χ3n) is 11.3. The van der Waals surface area contributed by atoms with Crippen molar-refractivity contribution in [1.29, 1.82) is 0 Å². The molecular weight excluding hydrogens is 889 g/mol. The Morgan fingerprint density at radius 2 is 0.754 bits per heavy atom. The number of unbranched alkanes of at least 4 members (excludes halogenated alkanes) is 22. The molecule has 0 aliphatic rings. The first-order valence-electron chi connectivity index (χ1n) is 23.9. The number of benzene rings is 4. The van der Waals surface area contributed by atoms with Crippen LogP contribution < -0.4 is 14.6 Å². The Morgan fingerprint density at radius 3 is 1.09 bits per heavy atom. The van der Waals surface area contributed by atoms with Gasteiger partial charge in [-0.15, -0.1) is 0 Å². The molecule has 0 fully saturated rings. The van der Waals surface area contributed by atoms with Crippen molar-refractivity contribution in [3.8, 4) is 34.5 Å². The van der Waals surface area contributed by atoms with Crippen molar-refractivity contribution in [3.63, 3.8) is 0 Å². The quantitative estimate of drug-likeness (QED) is 0.0272. The summed E-state index contributed by atoms with van der Waals surface area (Å²) in [6.07, 6.45) is 34.1. The van der Waals surface area contributed by atoms with E-state index in [1.807, 2.05) is 48.5 Å². The number of aromatic hydroxyl groups is 1. The van der Waals surface area contributed by atoms with E-state index < -0.39 is 41.5 Å². The minimum Gasteiger partial charge on any atom is -0.872 e. The number of aryl methyl sites for hydroxylation is 2. The molecule has 2 N–H and O–H groups in total. The zero-order chi connectivity index (χ0) is 46.5. The van der Waals surface area contributed by atoms with Crippen LogP contribution in [0.1, 0.15) is 179 Å². The molecule has 0 atom stereocenters. The predicted molar refractivity (Wildman–Crippen MR) is 260 cm³/mol. The maximum Gasteiger partial charge on any atom is 2.00 e. The number of ether oxygens (including phenoxy) is 2. The molecule has 0 saturated heterocycles. The predicted octanol–water partition coefficient (Wildman–Crippen LogP) is 14.0.